The van der Waals surface area contributed by atoms with Crippen LogP contribution in [0.1, 0.15) is 17.2 Å². The van der Waals surface area contributed by atoms with Gasteiger partial charge in [0.15, 0.2) is 0 Å². The van der Waals surface area contributed by atoms with E-state index in [0.717, 1.165) is 11.1 Å². The third kappa shape index (κ3) is 3.20. The summed E-state index contributed by atoms with van der Waals surface area (Å²) in [5.41, 5.74) is 2.16. The number of carbonyl (C=O) groups is 1. The van der Waals surface area contributed by atoms with Crippen molar-refractivity contribution in [1.29, 1.82) is 0 Å². The van der Waals surface area contributed by atoms with Crippen molar-refractivity contribution in [3.63, 3.8) is 0 Å². The van der Waals surface area contributed by atoms with E-state index in [1.165, 1.54) is 0 Å². The molecule has 2 aromatic carbocycles. The fourth-order valence-corrected chi connectivity index (χ4v) is 2.01. The number of hydrogen-bond acceptors (Lipinski definition) is 1. The highest BCUT2D eigenvalue weighted by atomic mass is 79.9. The quantitative estimate of drug-likeness (QED) is 0.863. The Morgan fingerprint density at radius 1 is 0.944 bits per heavy atom. The molecule has 1 amide bonds. The van der Waals surface area contributed by atoms with Crippen LogP contribution >= 0.6 is 15.9 Å². The minimum Gasteiger partial charge on any atom is -0.344 e. The number of rotatable bonds is 4. The maximum Gasteiger partial charge on any atom is 0.231 e. The van der Waals surface area contributed by atoms with Crippen molar-refractivity contribution in [2.24, 2.45) is 0 Å². The van der Waals surface area contributed by atoms with E-state index in [4.69, 9.17) is 0 Å². The summed E-state index contributed by atoms with van der Waals surface area (Å²) >= 11 is 3.18. The van der Waals surface area contributed by atoms with Crippen LogP contribution in [0.25, 0.3) is 0 Å². The number of benzene rings is 2. The topological polar surface area (TPSA) is 29.1 Å². The summed E-state index contributed by atoms with van der Waals surface area (Å²) in [5.74, 6) is -0.0206. The van der Waals surface area contributed by atoms with Gasteiger partial charge in [0, 0.05) is 0 Å². The van der Waals surface area contributed by atoms with E-state index in [1.807, 2.05) is 60.7 Å². The molecule has 0 aliphatic rings. The van der Waals surface area contributed by atoms with Crippen LogP contribution < -0.4 is 5.32 Å². The predicted molar refractivity (Wildman–Crippen MR) is 76.7 cm³/mol. The summed E-state index contributed by atoms with van der Waals surface area (Å²) in [6.07, 6.45) is 0. The first-order valence-corrected chi connectivity index (χ1v) is 6.88. The zero-order valence-electron chi connectivity index (χ0n) is 9.84. The normalized spacial score (nSPS) is 10.3. The molecular weight excluding hydrogens is 290 g/mol. The first-order valence-electron chi connectivity index (χ1n) is 5.76. The molecule has 0 spiro atoms. The molecule has 0 saturated heterocycles. The predicted octanol–water partition coefficient (Wildman–Crippen LogP) is 3.29. The van der Waals surface area contributed by atoms with E-state index in [0.29, 0.717) is 5.33 Å². The average molecular weight is 304 g/mol. The second kappa shape index (κ2) is 6.36. The molecule has 1 N–H and O–H groups in total. The third-order valence-electron chi connectivity index (χ3n) is 2.69. The third-order valence-corrected chi connectivity index (χ3v) is 3.20. The molecule has 0 radical (unpaired) electrons. The van der Waals surface area contributed by atoms with Gasteiger partial charge >= 0.3 is 0 Å². The lowest BCUT2D eigenvalue weighted by Gasteiger charge is -2.19. The number of amides is 1. The van der Waals surface area contributed by atoms with E-state index < -0.39 is 0 Å². The molecule has 0 bridgehead atoms. The zero-order valence-corrected chi connectivity index (χ0v) is 11.4. The Labute approximate surface area is 115 Å². The van der Waals surface area contributed by atoms with Crippen LogP contribution in [-0.4, -0.2) is 11.2 Å². The second-order valence-corrected chi connectivity index (χ2v) is 4.52. The molecule has 0 aliphatic heterocycles. The molecule has 0 atom stereocenters. The summed E-state index contributed by atoms with van der Waals surface area (Å²) < 4.78 is 0. The molecule has 0 heterocycles. The second-order valence-electron chi connectivity index (χ2n) is 3.96. The summed E-state index contributed by atoms with van der Waals surface area (Å²) in [6, 6.07) is 19.8. The fourth-order valence-electron chi connectivity index (χ4n) is 1.85. The number of nitrogens with one attached hydrogen (secondary N) is 1. The van der Waals surface area contributed by atoms with Crippen molar-refractivity contribution in [3.8, 4) is 0 Å². The zero-order chi connectivity index (χ0) is 12.8. The van der Waals surface area contributed by atoms with Gasteiger partial charge < -0.3 is 5.32 Å². The molecular formula is C15H14BrNO. The van der Waals surface area contributed by atoms with Gasteiger partial charge in [0.1, 0.15) is 0 Å². The largest absolute Gasteiger partial charge is 0.344 e. The minimum absolute atomic E-state index is 0.0206. The maximum absolute atomic E-state index is 11.6. The van der Waals surface area contributed by atoms with Crippen LogP contribution in [0.15, 0.2) is 60.7 Å². The van der Waals surface area contributed by atoms with E-state index in [-0.39, 0.29) is 11.9 Å². The van der Waals surface area contributed by atoms with Gasteiger partial charge in [-0.1, -0.05) is 76.6 Å². The Hall–Kier alpha value is -1.61. The van der Waals surface area contributed by atoms with Gasteiger partial charge in [0.25, 0.3) is 0 Å². The first-order chi connectivity index (χ1) is 8.81. The molecule has 0 aromatic heterocycles. The number of halogens is 1. The lowest BCUT2D eigenvalue weighted by atomic mass is 9.99. The lowest BCUT2D eigenvalue weighted by Crippen LogP contribution is -2.29. The molecule has 0 unspecified atom stereocenters. The molecule has 0 aliphatic carbocycles. The molecule has 18 heavy (non-hydrogen) atoms. The molecule has 2 aromatic rings. The SMILES string of the molecule is O=C(CBr)NC(c1ccccc1)c1ccccc1. The van der Waals surface area contributed by atoms with E-state index in [1.54, 1.807) is 0 Å². The Kier molecular flexibility index (Phi) is 4.53. The van der Waals surface area contributed by atoms with Crippen LogP contribution in [0.4, 0.5) is 0 Å². The summed E-state index contributed by atoms with van der Waals surface area (Å²) in [5, 5.41) is 3.32. The van der Waals surface area contributed by atoms with Crippen molar-refractivity contribution >= 4 is 21.8 Å². The lowest BCUT2D eigenvalue weighted by molar-refractivity contribution is -0.118. The Morgan fingerprint density at radius 3 is 1.78 bits per heavy atom. The summed E-state index contributed by atoms with van der Waals surface area (Å²) in [4.78, 5) is 11.6. The minimum atomic E-state index is -0.0996. The van der Waals surface area contributed by atoms with Gasteiger partial charge in [-0.2, -0.15) is 0 Å². The van der Waals surface area contributed by atoms with Crippen molar-refractivity contribution in [3.05, 3.63) is 71.8 Å². The molecule has 0 saturated carbocycles. The number of carbonyl (C=O) groups excluding carboxylic acids is 1. The van der Waals surface area contributed by atoms with Crippen molar-refractivity contribution in [2.45, 2.75) is 6.04 Å². The van der Waals surface area contributed by atoms with E-state index in [2.05, 4.69) is 21.2 Å². The fraction of sp³-hybridized carbons (Fsp3) is 0.133. The smallest absolute Gasteiger partial charge is 0.231 e. The van der Waals surface area contributed by atoms with Gasteiger partial charge in [0.05, 0.1) is 11.4 Å². The van der Waals surface area contributed by atoms with Crippen molar-refractivity contribution in [1.82, 2.24) is 5.32 Å². The monoisotopic (exact) mass is 303 g/mol. The van der Waals surface area contributed by atoms with Gasteiger partial charge in [-0.25, -0.2) is 0 Å². The Morgan fingerprint density at radius 2 is 1.39 bits per heavy atom. The van der Waals surface area contributed by atoms with Crippen molar-refractivity contribution < 1.29 is 4.79 Å². The van der Waals surface area contributed by atoms with Gasteiger partial charge in [-0.3, -0.25) is 4.79 Å². The van der Waals surface area contributed by atoms with E-state index >= 15 is 0 Å². The summed E-state index contributed by atoms with van der Waals surface area (Å²) in [6.45, 7) is 0. The van der Waals surface area contributed by atoms with Gasteiger partial charge in [-0.05, 0) is 11.1 Å². The molecule has 3 heteroatoms. The highest BCUT2D eigenvalue weighted by molar-refractivity contribution is 9.09. The van der Waals surface area contributed by atoms with E-state index in [9.17, 15) is 4.79 Å². The Balaban J connectivity index is 2.32. The van der Waals surface area contributed by atoms with Crippen molar-refractivity contribution in [2.75, 3.05) is 5.33 Å². The van der Waals surface area contributed by atoms with Gasteiger partial charge in [-0.15, -0.1) is 0 Å². The van der Waals surface area contributed by atoms with Crippen LogP contribution in [0.2, 0.25) is 0 Å². The van der Waals surface area contributed by atoms with Crippen LogP contribution in [0, 0.1) is 0 Å². The molecule has 2 nitrogen and oxygen atoms in total. The highest BCUT2D eigenvalue weighted by Gasteiger charge is 2.15. The Bertz CT molecular complexity index is 459. The number of alkyl halides is 1. The average Bonchev–Trinajstić information content (AvgIpc) is 2.46. The number of hydrogen-bond donors (Lipinski definition) is 1. The van der Waals surface area contributed by atoms with Gasteiger partial charge in [0.2, 0.25) is 5.91 Å². The highest BCUT2D eigenvalue weighted by Crippen LogP contribution is 2.21. The first kappa shape index (κ1) is 12.8. The molecule has 2 rings (SSSR count). The maximum atomic E-state index is 11.6. The summed E-state index contributed by atoms with van der Waals surface area (Å²) in [7, 11) is 0. The van der Waals surface area contributed by atoms with Crippen LogP contribution in [-0.2, 0) is 4.79 Å². The standard InChI is InChI=1S/C15H14BrNO/c16-11-14(18)17-15(12-7-3-1-4-8-12)13-9-5-2-6-10-13/h1-10,15H,11H2,(H,17,18). The molecule has 92 valence electrons. The van der Waals surface area contributed by atoms with Crippen LogP contribution in [0.3, 0.4) is 0 Å². The van der Waals surface area contributed by atoms with Crippen LogP contribution in [0.5, 0.6) is 0 Å². The molecule has 0 fully saturated rings.